The molecular formula is C17H22N2O5. The van der Waals surface area contributed by atoms with E-state index in [-0.39, 0.29) is 31.9 Å². The van der Waals surface area contributed by atoms with Crippen LogP contribution in [0.1, 0.15) is 24.5 Å². The van der Waals surface area contributed by atoms with Crippen molar-refractivity contribution in [2.45, 2.75) is 32.4 Å². The summed E-state index contributed by atoms with van der Waals surface area (Å²) in [7, 11) is 1.56. The number of ether oxygens (including phenoxy) is 1. The van der Waals surface area contributed by atoms with E-state index in [0.29, 0.717) is 6.61 Å². The van der Waals surface area contributed by atoms with Crippen molar-refractivity contribution >= 4 is 18.0 Å². The molecule has 1 atom stereocenters. The van der Waals surface area contributed by atoms with Gasteiger partial charge < -0.3 is 19.6 Å². The molecule has 1 unspecified atom stereocenters. The second-order valence-electron chi connectivity index (χ2n) is 5.71. The van der Waals surface area contributed by atoms with E-state index in [1.165, 1.54) is 9.80 Å². The predicted octanol–water partition coefficient (Wildman–Crippen LogP) is 1.50. The minimum absolute atomic E-state index is 0.0816. The van der Waals surface area contributed by atoms with Crippen LogP contribution in [-0.4, -0.2) is 59.1 Å². The molecule has 0 fully saturated rings. The molecule has 1 aromatic carbocycles. The number of carboxylic acid groups (broad SMARTS) is 1. The van der Waals surface area contributed by atoms with Crippen LogP contribution < -0.4 is 0 Å². The fourth-order valence-electron chi connectivity index (χ4n) is 2.75. The fraction of sp³-hybridized carbons (Fsp3) is 0.471. The van der Waals surface area contributed by atoms with Gasteiger partial charge in [0.25, 0.3) is 0 Å². The molecular weight excluding hydrogens is 312 g/mol. The van der Waals surface area contributed by atoms with Crippen LogP contribution in [0, 0.1) is 0 Å². The molecule has 24 heavy (non-hydrogen) atoms. The van der Waals surface area contributed by atoms with Crippen molar-refractivity contribution in [1.29, 1.82) is 0 Å². The lowest BCUT2D eigenvalue weighted by Gasteiger charge is -2.36. The quantitative estimate of drug-likeness (QED) is 0.825. The molecule has 0 radical (unpaired) electrons. The van der Waals surface area contributed by atoms with Gasteiger partial charge in [-0.2, -0.15) is 0 Å². The predicted molar refractivity (Wildman–Crippen MR) is 86.4 cm³/mol. The number of amides is 2. The summed E-state index contributed by atoms with van der Waals surface area (Å²) in [6.45, 7) is 2.44. The average Bonchev–Trinajstić information content (AvgIpc) is 2.58. The minimum atomic E-state index is -1.03. The molecule has 0 saturated heterocycles. The van der Waals surface area contributed by atoms with Gasteiger partial charge in [0.1, 0.15) is 6.04 Å². The van der Waals surface area contributed by atoms with Gasteiger partial charge in [-0.3, -0.25) is 4.79 Å². The molecule has 7 nitrogen and oxygen atoms in total. The van der Waals surface area contributed by atoms with Gasteiger partial charge in [0, 0.05) is 26.6 Å². The molecule has 1 aliphatic rings. The van der Waals surface area contributed by atoms with Gasteiger partial charge in [-0.05, 0) is 18.1 Å². The first-order chi connectivity index (χ1) is 11.4. The zero-order chi connectivity index (χ0) is 17.7. The summed E-state index contributed by atoms with van der Waals surface area (Å²) < 4.78 is 4.84. The Morgan fingerprint density at radius 1 is 1.29 bits per heavy atom. The average molecular weight is 334 g/mol. The molecule has 0 aliphatic carbocycles. The molecule has 2 amide bonds. The number of carboxylic acids is 1. The molecule has 0 bridgehead atoms. The second-order valence-corrected chi connectivity index (χ2v) is 5.71. The lowest BCUT2D eigenvalue weighted by molar-refractivity contribution is -0.144. The zero-order valence-corrected chi connectivity index (χ0v) is 13.9. The Morgan fingerprint density at radius 2 is 1.96 bits per heavy atom. The van der Waals surface area contributed by atoms with Crippen LogP contribution >= 0.6 is 0 Å². The van der Waals surface area contributed by atoms with Gasteiger partial charge in [-0.15, -0.1) is 0 Å². The first kappa shape index (κ1) is 17.8. The minimum Gasteiger partial charge on any atom is -0.480 e. The zero-order valence-electron chi connectivity index (χ0n) is 13.9. The topological polar surface area (TPSA) is 87.2 Å². The summed E-state index contributed by atoms with van der Waals surface area (Å²) in [5, 5.41) is 9.47. The molecule has 1 aromatic rings. The molecule has 0 spiro atoms. The summed E-state index contributed by atoms with van der Waals surface area (Å²) in [6, 6.07) is 6.20. The van der Waals surface area contributed by atoms with E-state index in [1.54, 1.807) is 14.0 Å². The third kappa shape index (κ3) is 4.04. The van der Waals surface area contributed by atoms with E-state index >= 15 is 0 Å². The van der Waals surface area contributed by atoms with Crippen molar-refractivity contribution in [1.82, 2.24) is 9.80 Å². The molecule has 1 aliphatic heterocycles. The van der Waals surface area contributed by atoms with Crippen molar-refractivity contribution in [3.63, 3.8) is 0 Å². The molecule has 1 heterocycles. The number of fused-ring (bicyclic) bond motifs is 1. The first-order valence-electron chi connectivity index (χ1n) is 7.91. The standard InChI is InChI=1S/C17H22N2O5/c1-3-24-15(20)8-9-18(2)17(23)19-11-13-7-5-4-6-12(13)10-14(19)16(21)22/h4-7,14H,3,8-11H2,1-2H3,(H,21,22). The van der Waals surface area contributed by atoms with Crippen LogP contribution in [-0.2, 0) is 27.3 Å². The molecule has 130 valence electrons. The Hall–Kier alpha value is -2.57. The van der Waals surface area contributed by atoms with Gasteiger partial charge in [-0.1, -0.05) is 24.3 Å². The van der Waals surface area contributed by atoms with Gasteiger partial charge in [-0.25, -0.2) is 9.59 Å². The highest BCUT2D eigenvalue weighted by Crippen LogP contribution is 2.24. The van der Waals surface area contributed by atoms with Crippen molar-refractivity contribution in [2.24, 2.45) is 0 Å². The molecule has 1 N–H and O–H groups in total. The Balaban J connectivity index is 2.08. The summed E-state index contributed by atoms with van der Waals surface area (Å²) in [6.07, 6.45) is 0.362. The monoisotopic (exact) mass is 334 g/mol. The maximum Gasteiger partial charge on any atom is 0.326 e. The van der Waals surface area contributed by atoms with E-state index in [1.807, 2.05) is 24.3 Å². The first-order valence-corrected chi connectivity index (χ1v) is 7.91. The molecule has 7 heteroatoms. The Morgan fingerprint density at radius 3 is 2.58 bits per heavy atom. The number of aliphatic carboxylic acids is 1. The van der Waals surface area contributed by atoms with Crippen molar-refractivity contribution < 1.29 is 24.2 Å². The van der Waals surface area contributed by atoms with E-state index in [2.05, 4.69) is 0 Å². The third-order valence-corrected chi connectivity index (χ3v) is 4.06. The van der Waals surface area contributed by atoms with Crippen LogP contribution in [0.25, 0.3) is 0 Å². The van der Waals surface area contributed by atoms with E-state index in [9.17, 15) is 19.5 Å². The van der Waals surface area contributed by atoms with Gasteiger partial charge >= 0.3 is 18.0 Å². The number of esters is 1. The Labute approximate surface area is 140 Å². The maximum absolute atomic E-state index is 12.6. The lowest BCUT2D eigenvalue weighted by Crippen LogP contribution is -2.52. The van der Waals surface area contributed by atoms with E-state index in [0.717, 1.165) is 11.1 Å². The number of urea groups is 1. The largest absolute Gasteiger partial charge is 0.480 e. The van der Waals surface area contributed by atoms with Crippen molar-refractivity contribution in [2.75, 3.05) is 20.2 Å². The number of carbonyl (C=O) groups excluding carboxylic acids is 2. The van der Waals surface area contributed by atoms with Crippen LogP contribution in [0.5, 0.6) is 0 Å². The number of hydrogen-bond acceptors (Lipinski definition) is 4. The highest BCUT2D eigenvalue weighted by Gasteiger charge is 2.35. The van der Waals surface area contributed by atoms with E-state index in [4.69, 9.17) is 4.74 Å². The van der Waals surface area contributed by atoms with Crippen LogP contribution in [0.2, 0.25) is 0 Å². The summed E-state index contributed by atoms with van der Waals surface area (Å²) >= 11 is 0. The number of carbonyl (C=O) groups is 3. The smallest absolute Gasteiger partial charge is 0.326 e. The van der Waals surface area contributed by atoms with Crippen LogP contribution in [0.4, 0.5) is 4.79 Å². The molecule has 2 rings (SSSR count). The Kier molecular flexibility index (Phi) is 5.78. The SMILES string of the molecule is CCOC(=O)CCN(C)C(=O)N1Cc2ccccc2CC1C(=O)O. The highest BCUT2D eigenvalue weighted by atomic mass is 16.5. The summed E-state index contributed by atoms with van der Waals surface area (Å²) in [4.78, 5) is 38.3. The van der Waals surface area contributed by atoms with E-state index < -0.39 is 18.0 Å². The number of benzene rings is 1. The molecule has 0 saturated carbocycles. The van der Waals surface area contributed by atoms with Crippen molar-refractivity contribution in [3.8, 4) is 0 Å². The molecule has 0 aromatic heterocycles. The maximum atomic E-state index is 12.6. The Bertz CT molecular complexity index is 631. The summed E-state index contributed by atoms with van der Waals surface area (Å²) in [5.41, 5.74) is 1.89. The fourth-order valence-corrected chi connectivity index (χ4v) is 2.75. The number of hydrogen-bond donors (Lipinski definition) is 1. The van der Waals surface area contributed by atoms with Gasteiger partial charge in [0.05, 0.1) is 13.0 Å². The van der Waals surface area contributed by atoms with Gasteiger partial charge in [0.15, 0.2) is 0 Å². The third-order valence-electron chi connectivity index (χ3n) is 4.06. The number of nitrogens with zero attached hydrogens (tertiary/aromatic N) is 2. The van der Waals surface area contributed by atoms with Crippen LogP contribution in [0.3, 0.4) is 0 Å². The normalized spacial score (nSPS) is 16.2. The lowest BCUT2D eigenvalue weighted by atomic mass is 9.94. The van der Waals surface area contributed by atoms with Crippen molar-refractivity contribution in [3.05, 3.63) is 35.4 Å². The number of rotatable bonds is 5. The highest BCUT2D eigenvalue weighted by molar-refractivity contribution is 5.84. The van der Waals surface area contributed by atoms with Gasteiger partial charge in [0.2, 0.25) is 0 Å². The van der Waals surface area contributed by atoms with Crippen LogP contribution in [0.15, 0.2) is 24.3 Å². The summed E-state index contributed by atoms with van der Waals surface area (Å²) in [5.74, 6) is -1.41. The second kappa shape index (κ2) is 7.81.